The number of allylic oxidation sites excluding steroid dienone is 2. The van der Waals surface area contributed by atoms with Gasteiger partial charge in [0.05, 0.1) is 0 Å². The van der Waals surface area contributed by atoms with E-state index in [2.05, 4.69) is 69.9 Å². The quantitative estimate of drug-likeness (QED) is 0.588. The van der Waals surface area contributed by atoms with Crippen molar-refractivity contribution in [1.29, 1.82) is 0 Å². The smallest absolute Gasteiger partial charge is 0.00510 e. The number of benzene rings is 1. The third-order valence-electron chi connectivity index (χ3n) is 5.73. The molecule has 1 aromatic carbocycles. The van der Waals surface area contributed by atoms with E-state index >= 15 is 0 Å². The third kappa shape index (κ3) is 4.89. The van der Waals surface area contributed by atoms with Crippen LogP contribution in [-0.4, -0.2) is 24.5 Å². The van der Waals surface area contributed by atoms with Gasteiger partial charge in [-0.2, -0.15) is 0 Å². The van der Waals surface area contributed by atoms with Crippen molar-refractivity contribution in [1.82, 2.24) is 4.90 Å². The second-order valence-corrected chi connectivity index (χ2v) is 9.55. The van der Waals surface area contributed by atoms with E-state index in [4.69, 9.17) is 0 Å². The molecule has 1 aromatic rings. The predicted molar refractivity (Wildman–Crippen MR) is 113 cm³/mol. The molecule has 1 saturated heterocycles. The molecule has 0 spiro atoms. The van der Waals surface area contributed by atoms with E-state index in [0.29, 0.717) is 16.7 Å². The Hall–Kier alpha value is -0.790. The SMILES string of the molecule is CCCN1CCC(c2ccccc2C2=CC(C)(C)CC(C)(C)C2)C1.Cl. The first-order valence-corrected chi connectivity index (χ1v) is 9.83. The lowest BCUT2D eigenvalue weighted by Gasteiger charge is -2.40. The second-order valence-electron chi connectivity index (χ2n) is 9.55. The van der Waals surface area contributed by atoms with Gasteiger partial charge in [0.25, 0.3) is 0 Å². The Kier molecular flexibility index (Phi) is 6.44. The number of rotatable bonds is 4. The molecular formula is C23H36ClN. The van der Waals surface area contributed by atoms with E-state index in [1.54, 1.807) is 11.1 Å². The minimum atomic E-state index is 0. The monoisotopic (exact) mass is 361 g/mol. The van der Waals surface area contributed by atoms with Crippen LogP contribution < -0.4 is 0 Å². The maximum absolute atomic E-state index is 2.64. The zero-order chi connectivity index (χ0) is 17.4. The van der Waals surface area contributed by atoms with Crippen LogP contribution in [0.3, 0.4) is 0 Å². The molecule has 1 aliphatic carbocycles. The fourth-order valence-corrected chi connectivity index (χ4v) is 5.31. The van der Waals surface area contributed by atoms with Crippen LogP contribution in [0, 0.1) is 10.8 Å². The van der Waals surface area contributed by atoms with Crippen molar-refractivity contribution in [3.8, 4) is 0 Å². The van der Waals surface area contributed by atoms with E-state index in [1.165, 1.54) is 50.9 Å². The Morgan fingerprint density at radius 3 is 2.52 bits per heavy atom. The van der Waals surface area contributed by atoms with E-state index in [1.807, 2.05) is 0 Å². The van der Waals surface area contributed by atoms with Gasteiger partial charge in [-0.3, -0.25) is 0 Å². The standard InChI is InChI=1S/C23H35N.ClH/c1-6-12-24-13-11-18(16-24)20-9-7-8-10-21(20)19-14-22(2,3)17-23(4,5)15-19;/h7-10,14,18H,6,11-13,15-17H2,1-5H3;1H. The average Bonchev–Trinajstić information content (AvgIpc) is 2.93. The van der Waals surface area contributed by atoms with Gasteiger partial charge in [0.2, 0.25) is 0 Å². The van der Waals surface area contributed by atoms with Crippen LogP contribution in [0.2, 0.25) is 0 Å². The summed E-state index contributed by atoms with van der Waals surface area (Å²) in [4.78, 5) is 2.64. The highest BCUT2D eigenvalue weighted by Crippen LogP contribution is 2.48. The molecule has 0 bridgehead atoms. The van der Waals surface area contributed by atoms with E-state index in [0.717, 1.165) is 0 Å². The van der Waals surface area contributed by atoms with E-state index in [9.17, 15) is 0 Å². The van der Waals surface area contributed by atoms with Gasteiger partial charge in [0, 0.05) is 6.54 Å². The highest BCUT2D eigenvalue weighted by atomic mass is 35.5. The van der Waals surface area contributed by atoms with Crippen molar-refractivity contribution in [2.75, 3.05) is 19.6 Å². The molecule has 0 radical (unpaired) electrons. The van der Waals surface area contributed by atoms with Gasteiger partial charge in [-0.15, -0.1) is 12.4 Å². The molecule has 1 atom stereocenters. The lowest BCUT2D eigenvalue weighted by Crippen LogP contribution is -2.27. The molecule has 0 amide bonds. The van der Waals surface area contributed by atoms with Crippen molar-refractivity contribution < 1.29 is 0 Å². The van der Waals surface area contributed by atoms with Crippen LogP contribution >= 0.6 is 12.4 Å². The summed E-state index contributed by atoms with van der Waals surface area (Å²) in [5, 5.41) is 0. The highest BCUT2D eigenvalue weighted by Gasteiger charge is 2.35. The largest absolute Gasteiger partial charge is 0.303 e. The Morgan fingerprint density at radius 2 is 1.84 bits per heavy atom. The Balaban J connectivity index is 0.00000225. The molecule has 3 rings (SSSR count). The summed E-state index contributed by atoms with van der Waals surface area (Å²) in [6.45, 7) is 15.7. The minimum Gasteiger partial charge on any atom is -0.303 e. The molecule has 1 unspecified atom stereocenters. The molecule has 0 aromatic heterocycles. The van der Waals surface area contributed by atoms with Gasteiger partial charge in [-0.1, -0.05) is 65.0 Å². The summed E-state index contributed by atoms with van der Waals surface area (Å²) in [5.74, 6) is 0.710. The maximum Gasteiger partial charge on any atom is 0.00510 e. The zero-order valence-electron chi connectivity index (χ0n) is 16.8. The Bertz CT molecular complexity index is 614. The van der Waals surface area contributed by atoms with Gasteiger partial charge in [-0.25, -0.2) is 0 Å². The Labute approximate surface area is 161 Å². The normalized spacial score (nSPS) is 25.3. The molecule has 1 heterocycles. The fraction of sp³-hybridized carbons (Fsp3) is 0.652. The molecule has 1 fully saturated rings. The van der Waals surface area contributed by atoms with Crippen LogP contribution in [0.1, 0.15) is 77.3 Å². The van der Waals surface area contributed by atoms with Crippen LogP contribution in [0.5, 0.6) is 0 Å². The highest BCUT2D eigenvalue weighted by molar-refractivity contribution is 5.85. The molecule has 1 nitrogen and oxygen atoms in total. The van der Waals surface area contributed by atoms with Gasteiger partial charge < -0.3 is 4.90 Å². The summed E-state index contributed by atoms with van der Waals surface area (Å²) >= 11 is 0. The van der Waals surface area contributed by atoms with Crippen LogP contribution in [0.25, 0.3) is 5.57 Å². The summed E-state index contributed by atoms with van der Waals surface area (Å²) in [6, 6.07) is 9.24. The average molecular weight is 362 g/mol. The lowest BCUT2D eigenvalue weighted by molar-refractivity contribution is 0.228. The summed E-state index contributed by atoms with van der Waals surface area (Å²) < 4.78 is 0. The topological polar surface area (TPSA) is 3.24 Å². The van der Waals surface area contributed by atoms with Crippen LogP contribution in [0.4, 0.5) is 0 Å². The lowest BCUT2D eigenvalue weighted by atomic mass is 9.65. The molecular weight excluding hydrogens is 326 g/mol. The summed E-state index contributed by atoms with van der Waals surface area (Å²) in [6.07, 6.45) is 7.63. The zero-order valence-corrected chi connectivity index (χ0v) is 17.6. The number of hydrogen-bond acceptors (Lipinski definition) is 1. The molecule has 0 saturated carbocycles. The fourth-order valence-electron chi connectivity index (χ4n) is 5.31. The number of halogens is 1. The number of nitrogens with zero attached hydrogens (tertiary/aromatic N) is 1. The van der Waals surface area contributed by atoms with Crippen molar-refractivity contribution in [2.45, 2.75) is 66.2 Å². The van der Waals surface area contributed by atoms with Crippen molar-refractivity contribution in [3.05, 3.63) is 41.5 Å². The predicted octanol–water partition coefficient (Wildman–Crippen LogP) is 6.54. The maximum atomic E-state index is 2.64. The van der Waals surface area contributed by atoms with Crippen molar-refractivity contribution in [2.24, 2.45) is 10.8 Å². The minimum absolute atomic E-state index is 0. The number of hydrogen-bond donors (Lipinski definition) is 0. The van der Waals surface area contributed by atoms with Gasteiger partial charge in [-0.05, 0) is 72.2 Å². The van der Waals surface area contributed by atoms with Gasteiger partial charge in [0.1, 0.15) is 0 Å². The third-order valence-corrected chi connectivity index (χ3v) is 5.73. The molecule has 1 aliphatic heterocycles. The second kappa shape index (κ2) is 7.84. The van der Waals surface area contributed by atoms with E-state index < -0.39 is 0 Å². The molecule has 0 N–H and O–H groups in total. The van der Waals surface area contributed by atoms with Crippen molar-refractivity contribution in [3.63, 3.8) is 0 Å². The molecule has 140 valence electrons. The van der Waals surface area contributed by atoms with E-state index in [-0.39, 0.29) is 12.4 Å². The molecule has 2 aliphatic rings. The van der Waals surface area contributed by atoms with Crippen molar-refractivity contribution >= 4 is 18.0 Å². The molecule has 25 heavy (non-hydrogen) atoms. The van der Waals surface area contributed by atoms with Crippen LogP contribution in [-0.2, 0) is 0 Å². The molecule has 2 heteroatoms. The summed E-state index contributed by atoms with van der Waals surface area (Å²) in [7, 11) is 0. The first-order valence-electron chi connectivity index (χ1n) is 9.83. The first kappa shape index (κ1) is 20.5. The Morgan fingerprint density at radius 1 is 1.12 bits per heavy atom. The number of likely N-dealkylation sites (tertiary alicyclic amines) is 1. The van der Waals surface area contributed by atoms with Crippen LogP contribution in [0.15, 0.2) is 30.3 Å². The van der Waals surface area contributed by atoms with Gasteiger partial charge in [0.15, 0.2) is 0 Å². The summed E-state index contributed by atoms with van der Waals surface area (Å²) in [5.41, 5.74) is 5.40. The first-order chi connectivity index (χ1) is 11.3. The van der Waals surface area contributed by atoms with Gasteiger partial charge >= 0.3 is 0 Å².